The molecule has 2 amide bonds. The molecule has 1 saturated carbocycles. The van der Waals surface area contributed by atoms with Gasteiger partial charge in [-0.05, 0) is 63.3 Å². The van der Waals surface area contributed by atoms with Crippen molar-refractivity contribution in [1.82, 2.24) is 14.8 Å². The Balaban J connectivity index is 0.000000405. The first kappa shape index (κ1) is 27.1. The van der Waals surface area contributed by atoms with Crippen LogP contribution in [0.2, 0.25) is 0 Å². The first-order valence-corrected chi connectivity index (χ1v) is 13.0. The van der Waals surface area contributed by atoms with E-state index in [4.69, 9.17) is 9.90 Å². The lowest BCUT2D eigenvalue weighted by atomic mass is 9.77. The Kier molecular flexibility index (Phi) is 7.88. The summed E-state index contributed by atoms with van der Waals surface area (Å²) < 4.78 is 31.7. The number of carboxylic acids is 1. The summed E-state index contributed by atoms with van der Waals surface area (Å²) in [6.45, 7) is 5.68. The highest BCUT2D eigenvalue weighted by Crippen LogP contribution is 2.40. The van der Waals surface area contributed by atoms with Crippen LogP contribution in [0.15, 0.2) is 30.5 Å². The molecule has 1 spiro atoms. The zero-order valence-corrected chi connectivity index (χ0v) is 21.2. The van der Waals surface area contributed by atoms with Crippen LogP contribution >= 0.6 is 11.3 Å². The van der Waals surface area contributed by atoms with Gasteiger partial charge in [0.2, 0.25) is 5.91 Å². The molecule has 12 heteroatoms. The van der Waals surface area contributed by atoms with Crippen molar-refractivity contribution in [3.05, 3.63) is 45.9 Å². The van der Waals surface area contributed by atoms with Gasteiger partial charge in [-0.2, -0.15) is 13.2 Å². The van der Waals surface area contributed by atoms with Gasteiger partial charge in [0.05, 0.1) is 5.01 Å². The second kappa shape index (κ2) is 10.8. The number of thiazole rings is 1. The Bertz CT molecular complexity index is 1150. The van der Waals surface area contributed by atoms with Crippen molar-refractivity contribution < 1.29 is 32.7 Å². The molecular formula is C25H29F3N4O4S. The number of aryl methyl sites for hydroxylation is 1. The number of carbonyl (C=O) groups is 3. The molecule has 1 aliphatic carbocycles. The number of piperidine rings is 1. The number of anilines is 1. The van der Waals surface area contributed by atoms with Crippen LogP contribution in [0, 0.1) is 12.8 Å². The Hall–Kier alpha value is -2.99. The Morgan fingerprint density at radius 2 is 1.84 bits per heavy atom. The number of hydrogen-bond acceptors (Lipinski definition) is 6. The number of halogens is 3. The van der Waals surface area contributed by atoms with Gasteiger partial charge in [0.1, 0.15) is 0 Å². The number of carbonyl (C=O) groups excluding carboxylic acids is 2. The van der Waals surface area contributed by atoms with Crippen LogP contribution in [0.3, 0.4) is 0 Å². The van der Waals surface area contributed by atoms with E-state index in [0.717, 1.165) is 69.0 Å². The van der Waals surface area contributed by atoms with E-state index in [9.17, 15) is 22.8 Å². The summed E-state index contributed by atoms with van der Waals surface area (Å²) in [4.78, 5) is 44.2. The summed E-state index contributed by atoms with van der Waals surface area (Å²) in [5, 5.41) is 11.2. The summed E-state index contributed by atoms with van der Waals surface area (Å²) in [6, 6.07) is 7.36. The quantitative estimate of drug-likeness (QED) is 0.588. The lowest BCUT2D eigenvalue weighted by Gasteiger charge is -2.57. The summed E-state index contributed by atoms with van der Waals surface area (Å²) in [7, 11) is 0. The number of hydrogen-bond donors (Lipinski definition) is 2. The van der Waals surface area contributed by atoms with Crippen LogP contribution in [0.1, 0.15) is 52.3 Å². The topological polar surface area (TPSA) is 103 Å². The van der Waals surface area contributed by atoms with Gasteiger partial charge in [0.15, 0.2) is 0 Å². The first-order chi connectivity index (χ1) is 17.5. The second-order valence-electron chi connectivity index (χ2n) is 9.72. The molecule has 0 radical (unpaired) electrons. The standard InChI is InChI=1S/C23H28N4O2S.C2HF3O2/c1-16-24-13-20(30-16)14-27-12-10-23(27)9-2-11-26(15-23)22(29)18-5-7-19(8-6-18)25-21(28)17-3-4-17;3-2(4,5)1(6)7/h5-8,13,17H,2-4,9-12,14-15H2,1H3,(H,25,28);(H,6,7). The summed E-state index contributed by atoms with van der Waals surface area (Å²) in [5.74, 6) is -2.40. The smallest absolute Gasteiger partial charge is 0.475 e. The predicted octanol–water partition coefficient (Wildman–Crippen LogP) is 4.31. The maximum absolute atomic E-state index is 13.2. The maximum Gasteiger partial charge on any atom is 0.490 e. The number of likely N-dealkylation sites (tertiary alicyclic amines) is 2. The van der Waals surface area contributed by atoms with Crippen molar-refractivity contribution in [2.75, 3.05) is 25.0 Å². The van der Waals surface area contributed by atoms with Crippen molar-refractivity contribution in [3.8, 4) is 0 Å². The SMILES string of the molecule is Cc1ncc(CN2CCC23CCCN(C(=O)c2ccc(NC(=O)C4CC4)cc2)C3)s1.O=C(O)C(F)(F)F. The van der Waals surface area contributed by atoms with Crippen LogP contribution in [-0.2, 0) is 16.1 Å². The molecule has 2 aromatic rings. The average Bonchev–Trinajstić information content (AvgIpc) is 3.63. The maximum atomic E-state index is 13.2. The van der Waals surface area contributed by atoms with Gasteiger partial charge in [-0.25, -0.2) is 9.78 Å². The number of alkyl halides is 3. The average molecular weight is 539 g/mol. The monoisotopic (exact) mass is 538 g/mol. The van der Waals surface area contributed by atoms with E-state index in [1.165, 1.54) is 4.88 Å². The predicted molar refractivity (Wildman–Crippen MR) is 131 cm³/mol. The number of aliphatic carboxylic acids is 1. The van der Waals surface area contributed by atoms with E-state index < -0.39 is 12.1 Å². The summed E-state index contributed by atoms with van der Waals surface area (Å²) in [6.07, 6.45) is 2.22. The molecule has 1 atom stereocenters. The third kappa shape index (κ3) is 6.67. The minimum absolute atomic E-state index is 0.0910. The third-order valence-electron chi connectivity index (χ3n) is 6.97. The van der Waals surface area contributed by atoms with Gasteiger partial charge >= 0.3 is 12.1 Å². The van der Waals surface area contributed by atoms with E-state index >= 15 is 0 Å². The zero-order valence-electron chi connectivity index (χ0n) is 20.4. The molecule has 200 valence electrons. The highest BCUT2D eigenvalue weighted by Gasteiger charge is 2.48. The molecule has 37 heavy (non-hydrogen) atoms. The largest absolute Gasteiger partial charge is 0.490 e. The Labute approximate surface area is 216 Å². The number of benzene rings is 1. The van der Waals surface area contributed by atoms with Gasteiger partial charge in [0.25, 0.3) is 5.91 Å². The first-order valence-electron chi connectivity index (χ1n) is 12.1. The third-order valence-corrected chi connectivity index (χ3v) is 7.86. The molecular weight excluding hydrogens is 509 g/mol. The van der Waals surface area contributed by atoms with E-state index in [1.54, 1.807) is 11.3 Å². The zero-order chi connectivity index (χ0) is 26.8. The molecule has 0 bridgehead atoms. The number of amides is 2. The number of nitrogens with one attached hydrogen (secondary N) is 1. The lowest BCUT2D eigenvalue weighted by molar-refractivity contribution is -0.192. The molecule has 2 N–H and O–H groups in total. The lowest BCUT2D eigenvalue weighted by Crippen LogP contribution is -2.66. The summed E-state index contributed by atoms with van der Waals surface area (Å²) in [5.41, 5.74) is 1.58. The minimum atomic E-state index is -5.08. The van der Waals surface area contributed by atoms with Crippen molar-refractivity contribution in [2.24, 2.45) is 5.92 Å². The van der Waals surface area contributed by atoms with E-state index in [1.807, 2.05) is 42.3 Å². The second-order valence-corrected chi connectivity index (χ2v) is 11.0. The van der Waals surface area contributed by atoms with Gasteiger partial charge in [-0.1, -0.05) is 0 Å². The highest BCUT2D eigenvalue weighted by atomic mass is 32.1. The van der Waals surface area contributed by atoms with Gasteiger partial charge < -0.3 is 15.3 Å². The van der Waals surface area contributed by atoms with E-state index in [2.05, 4.69) is 15.2 Å². The molecule has 1 aromatic carbocycles. The van der Waals surface area contributed by atoms with Crippen LogP contribution < -0.4 is 5.32 Å². The van der Waals surface area contributed by atoms with E-state index in [-0.39, 0.29) is 23.3 Å². The Morgan fingerprint density at radius 1 is 1.16 bits per heavy atom. The molecule has 3 fully saturated rings. The van der Waals surface area contributed by atoms with Crippen molar-refractivity contribution in [1.29, 1.82) is 0 Å². The number of rotatable bonds is 5. The molecule has 3 heterocycles. The van der Waals surface area contributed by atoms with Crippen molar-refractivity contribution in [2.45, 2.75) is 57.3 Å². The number of aromatic nitrogens is 1. The number of carboxylic acid groups (broad SMARTS) is 1. The molecule has 2 saturated heterocycles. The van der Waals surface area contributed by atoms with Crippen LogP contribution in [0.4, 0.5) is 18.9 Å². The molecule has 8 nitrogen and oxygen atoms in total. The molecule has 3 aliphatic rings. The molecule has 5 rings (SSSR count). The van der Waals surface area contributed by atoms with Crippen molar-refractivity contribution in [3.63, 3.8) is 0 Å². The van der Waals surface area contributed by atoms with Gasteiger partial charge in [-0.15, -0.1) is 11.3 Å². The fraction of sp³-hybridized carbons (Fsp3) is 0.520. The normalized spacial score (nSPS) is 21.6. The van der Waals surface area contributed by atoms with Gasteiger partial charge in [-0.3, -0.25) is 14.5 Å². The molecule has 1 aromatic heterocycles. The van der Waals surface area contributed by atoms with Gasteiger partial charge in [0, 0.05) is 60.0 Å². The fourth-order valence-corrected chi connectivity index (χ4v) is 5.53. The van der Waals surface area contributed by atoms with Crippen molar-refractivity contribution >= 4 is 34.8 Å². The van der Waals surface area contributed by atoms with Crippen LogP contribution in [0.5, 0.6) is 0 Å². The molecule has 2 aliphatic heterocycles. The summed E-state index contributed by atoms with van der Waals surface area (Å²) >= 11 is 1.76. The fourth-order valence-electron chi connectivity index (χ4n) is 4.72. The van der Waals surface area contributed by atoms with Crippen LogP contribution in [-0.4, -0.2) is 69.0 Å². The molecule has 1 unspecified atom stereocenters. The van der Waals surface area contributed by atoms with Crippen LogP contribution in [0.25, 0.3) is 0 Å². The van der Waals surface area contributed by atoms with E-state index in [0.29, 0.717) is 5.56 Å². The minimum Gasteiger partial charge on any atom is -0.475 e. The highest BCUT2D eigenvalue weighted by molar-refractivity contribution is 7.11. The Morgan fingerprint density at radius 3 is 2.35 bits per heavy atom. The number of nitrogens with zero attached hydrogens (tertiary/aromatic N) is 3.